The predicted molar refractivity (Wildman–Crippen MR) is 64.0 cm³/mol. The largest absolute Gasteiger partial charge is 0.396 e. The first-order valence-corrected chi connectivity index (χ1v) is 5.88. The molecular formula is C11H22N4O. The highest BCUT2D eigenvalue weighted by Crippen LogP contribution is 2.10. The first kappa shape index (κ1) is 13.2. The van der Waals surface area contributed by atoms with E-state index < -0.39 is 0 Å². The molecule has 1 aromatic rings. The smallest absolute Gasteiger partial charge is 0.0538 e. The van der Waals surface area contributed by atoms with Crippen LogP contribution in [0.1, 0.15) is 31.4 Å². The summed E-state index contributed by atoms with van der Waals surface area (Å²) < 4.78 is 1.94. The lowest BCUT2D eigenvalue weighted by molar-refractivity contribution is 0.283. The molecule has 5 nitrogen and oxygen atoms in total. The average molecular weight is 226 g/mol. The maximum Gasteiger partial charge on any atom is 0.0538 e. The van der Waals surface area contributed by atoms with Crippen molar-refractivity contribution in [3.05, 3.63) is 18.0 Å². The number of rotatable bonds is 8. The van der Waals surface area contributed by atoms with Crippen molar-refractivity contribution in [3.63, 3.8) is 0 Å². The van der Waals surface area contributed by atoms with Crippen LogP contribution in [0.15, 0.2) is 12.4 Å². The first-order valence-electron chi connectivity index (χ1n) is 5.88. The topological polar surface area (TPSA) is 76.1 Å². The van der Waals surface area contributed by atoms with Crippen molar-refractivity contribution in [3.8, 4) is 0 Å². The van der Waals surface area contributed by atoms with Crippen LogP contribution in [0.25, 0.3) is 0 Å². The van der Waals surface area contributed by atoms with Crippen molar-refractivity contribution < 1.29 is 5.11 Å². The molecule has 5 heteroatoms. The predicted octanol–water partition coefficient (Wildman–Crippen LogP) is 0.265. The average Bonchev–Trinajstić information content (AvgIpc) is 2.74. The number of aromatic nitrogens is 2. The van der Waals surface area contributed by atoms with Crippen molar-refractivity contribution in [2.45, 2.75) is 32.4 Å². The van der Waals surface area contributed by atoms with Crippen LogP contribution in [-0.4, -0.2) is 34.6 Å². The lowest BCUT2D eigenvalue weighted by Gasteiger charge is -2.14. The molecule has 1 heterocycles. The van der Waals surface area contributed by atoms with Crippen molar-refractivity contribution in [2.75, 3.05) is 19.7 Å². The van der Waals surface area contributed by atoms with Crippen molar-refractivity contribution >= 4 is 0 Å². The summed E-state index contributed by atoms with van der Waals surface area (Å²) in [5.41, 5.74) is 6.83. The van der Waals surface area contributed by atoms with Gasteiger partial charge in [0.2, 0.25) is 0 Å². The zero-order valence-corrected chi connectivity index (χ0v) is 9.89. The fraction of sp³-hybridized carbons (Fsp3) is 0.727. The summed E-state index contributed by atoms with van der Waals surface area (Å²) in [7, 11) is 0. The molecule has 1 atom stereocenters. The number of nitrogens with one attached hydrogen (secondary N) is 1. The van der Waals surface area contributed by atoms with Gasteiger partial charge in [0.05, 0.1) is 6.20 Å². The Hall–Kier alpha value is -0.910. The van der Waals surface area contributed by atoms with Gasteiger partial charge in [0.15, 0.2) is 0 Å². The molecule has 0 aliphatic rings. The lowest BCUT2D eigenvalue weighted by Crippen LogP contribution is -2.29. The zero-order chi connectivity index (χ0) is 11.8. The second-order valence-electron chi connectivity index (χ2n) is 3.86. The Bertz CT molecular complexity index is 287. The molecule has 0 saturated carbocycles. The van der Waals surface area contributed by atoms with Crippen molar-refractivity contribution in [2.24, 2.45) is 5.73 Å². The minimum Gasteiger partial charge on any atom is -0.396 e. The molecule has 0 spiro atoms. The van der Waals surface area contributed by atoms with Gasteiger partial charge in [-0.25, -0.2) is 0 Å². The Morgan fingerprint density at radius 1 is 1.62 bits per heavy atom. The van der Waals surface area contributed by atoms with Gasteiger partial charge < -0.3 is 16.2 Å². The Balaban J connectivity index is 2.49. The minimum atomic E-state index is 0.136. The Morgan fingerprint density at radius 3 is 3.06 bits per heavy atom. The number of aliphatic hydroxyl groups excluding tert-OH is 1. The van der Waals surface area contributed by atoms with Gasteiger partial charge in [-0.05, 0) is 19.4 Å². The van der Waals surface area contributed by atoms with Crippen LogP contribution >= 0.6 is 0 Å². The Kier molecular flexibility index (Phi) is 6.07. The second kappa shape index (κ2) is 7.38. The molecular weight excluding hydrogens is 204 g/mol. The summed E-state index contributed by atoms with van der Waals surface area (Å²) in [5, 5.41) is 16.3. The Morgan fingerprint density at radius 2 is 2.44 bits per heavy atom. The third-order valence-corrected chi connectivity index (χ3v) is 2.47. The number of aryl methyl sites for hydroxylation is 1. The van der Waals surface area contributed by atoms with E-state index in [2.05, 4.69) is 17.3 Å². The highest BCUT2D eigenvalue weighted by Gasteiger charge is 2.10. The summed E-state index contributed by atoms with van der Waals surface area (Å²) in [6, 6.07) is 0.136. The van der Waals surface area contributed by atoms with Crippen LogP contribution in [0.4, 0.5) is 0 Å². The van der Waals surface area contributed by atoms with E-state index in [4.69, 9.17) is 10.8 Å². The molecule has 4 N–H and O–H groups in total. The number of hydrogen-bond donors (Lipinski definition) is 3. The van der Waals surface area contributed by atoms with E-state index in [0.717, 1.165) is 31.5 Å². The van der Waals surface area contributed by atoms with Gasteiger partial charge in [-0.15, -0.1) is 0 Å². The summed E-state index contributed by atoms with van der Waals surface area (Å²) in [5.74, 6) is 0. The van der Waals surface area contributed by atoms with E-state index in [-0.39, 0.29) is 12.6 Å². The fourth-order valence-electron chi connectivity index (χ4n) is 1.60. The second-order valence-corrected chi connectivity index (χ2v) is 3.86. The highest BCUT2D eigenvalue weighted by atomic mass is 16.3. The van der Waals surface area contributed by atoms with E-state index in [0.29, 0.717) is 6.54 Å². The van der Waals surface area contributed by atoms with E-state index in [1.807, 2.05) is 17.1 Å². The van der Waals surface area contributed by atoms with Gasteiger partial charge in [-0.1, -0.05) is 6.92 Å². The summed E-state index contributed by atoms with van der Waals surface area (Å²) in [6.07, 6.45) is 5.72. The molecule has 16 heavy (non-hydrogen) atoms. The Labute approximate surface area is 96.6 Å². The van der Waals surface area contributed by atoms with Crippen LogP contribution in [0.2, 0.25) is 0 Å². The van der Waals surface area contributed by atoms with Gasteiger partial charge in [0.25, 0.3) is 0 Å². The molecule has 0 aliphatic heterocycles. The van der Waals surface area contributed by atoms with Crippen LogP contribution < -0.4 is 11.1 Å². The van der Waals surface area contributed by atoms with Crippen LogP contribution in [0.5, 0.6) is 0 Å². The van der Waals surface area contributed by atoms with E-state index >= 15 is 0 Å². The van der Waals surface area contributed by atoms with Gasteiger partial charge in [0, 0.05) is 37.5 Å². The van der Waals surface area contributed by atoms with Crippen molar-refractivity contribution in [1.29, 1.82) is 0 Å². The van der Waals surface area contributed by atoms with E-state index in [9.17, 15) is 0 Å². The molecule has 0 fully saturated rings. The maximum atomic E-state index is 8.71. The summed E-state index contributed by atoms with van der Waals surface area (Å²) in [6.45, 7) is 4.59. The van der Waals surface area contributed by atoms with Gasteiger partial charge >= 0.3 is 0 Å². The first-order chi connectivity index (χ1) is 7.81. The molecule has 1 unspecified atom stereocenters. The molecule has 1 rings (SSSR count). The number of nitrogens with two attached hydrogens (primary N) is 1. The molecule has 0 radical (unpaired) electrons. The quantitative estimate of drug-likeness (QED) is 0.556. The molecule has 92 valence electrons. The SMILES string of the molecule is CCCn1cc(C(CN)NCCCO)cn1. The molecule has 0 bridgehead atoms. The van der Waals surface area contributed by atoms with Crippen LogP contribution in [0.3, 0.4) is 0 Å². The minimum absolute atomic E-state index is 0.136. The van der Waals surface area contributed by atoms with Crippen LogP contribution in [0, 0.1) is 0 Å². The number of aliphatic hydroxyl groups is 1. The maximum absolute atomic E-state index is 8.71. The van der Waals surface area contributed by atoms with Gasteiger partial charge in [-0.2, -0.15) is 5.10 Å². The third kappa shape index (κ3) is 3.92. The summed E-state index contributed by atoms with van der Waals surface area (Å²) >= 11 is 0. The molecule has 0 aromatic carbocycles. The monoisotopic (exact) mass is 226 g/mol. The van der Waals surface area contributed by atoms with Gasteiger partial charge in [-0.3, -0.25) is 4.68 Å². The van der Waals surface area contributed by atoms with E-state index in [1.54, 1.807) is 0 Å². The zero-order valence-electron chi connectivity index (χ0n) is 9.89. The summed E-state index contributed by atoms with van der Waals surface area (Å²) in [4.78, 5) is 0. The molecule has 0 saturated heterocycles. The van der Waals surface area contributed by atoms with E-state index in [1.165, 1.54) is 0 Å². The van der Waals surface area contributed by atoms with Crippen molar-refractivity contribution in [1.82, 2.24) is 15.1 Å². The number of hydrogen-bond acceptors (Lipinski definition) is 4. The van der Waals surface area contributed by atoms with Crippen LogP contribution in [-0.2, 0) is 6.54 Å². The van der Waals surface area contributed by atoms with Gasteiger partial charge in [0.1, 0.15) is 0 Å². The third-order valence-electron chi connectivity index (χ3n) is 2.47. The molecule has 1 aromatic heterocycles. The molecule has 0 amide bonds. The fourth-order valence-corrected chi connectivity index (χ4v) is 1.60. The standard InChI is InChI=1S/C11H22N4O/c1-2-5-15-9-10(8-14-15)11(7-12)13-4-3-6-16/h8-9,11,13,16H,2-7,12H2,1H3. The lowest BCUT2D eigenvalue weighted by atomic mass is 10.1. The normalized spacial score (nSPS) is 12.9. The molecule has 0 aliphatic carbocycles. The highest BCUT2D eigenvalue weighted by molar-refractivity contribution is 5.10. The number of nitrogens with zero attached hydrogens (tertiary/aromatic N) is 2.